The van der Waals surface area contributed by atoms with Crippen LogP contribution in [0.5, 0.6) is 0 Å². The molecule has 0 saturated heterocycles. The maximum Gasteiger partial charge on any atom is 0.416 e. The summed E-state index contributed by atoms with van der Waals surface area (Å²) in [5, 5.41) is 2.84. The van der Waals surface area contributed by atoms with Crippen molar-refractivity contribution in [1.82, 2.24) is 10.2 Å². The van der Waals surface area contributed by atoms with Crippen LogP contribution in [0.2, 0.25) is 0 Å². The highest BCUT2D eigenvalue weighted by atomic mass is 19.4. The minimum Gasteiger partial charge on any atom is -0.345 e. The Labute approximate surface area is 116 Å². The van der Waals surface area contributed by atoms with Crippen LogP contribution in [0.3, 0.4) is 0 Å². The Bertz CT molecular complexity index is 460. The summed E-state index contributed by atoms with van der Waals surface area (Å²) in [6, 6.07) is 4.84. The van der Waals surface area contributed by atoms with Gasteiger partial charge in [-0.05, 0) is 25.5 Å². The highest BCUT2D eigenvalue weighted by Crippen LogP contribution is 2.34. The van der Waals surface area contributed by atoms with Gasteiger partial charge in [0, 0.05) is 19.6 Å². The highest BCUT2D eigenvalue weighted by Gasteiger charge is 2.34. The number of rotatable bonds is 5. The lowest BCUT2D eigenvalue weighted by atomic mass is 10.0. The first kappa shape index (κ1) is 16.5. The maximum atomic E-state index is 12.9. The molecule has 1 N–H and O–H groups in total. The molecule has 6 heteroatoms. The first-order valence-corrected chi connectivity index (χ1v) is 6.40. The Morgan fingerprint density at radius 3 is 2.50 bits per heavy atom. The van der Waals surface area contributed by atoms with E-state index >= 15 is 0 Å². The van der Waals surface area contributed by atoms with Crippen LogP contribution in [0.1, 0.15) is 31.0 Å². The summed E-state index contributed by atoms with van der Waals surface area (Å²) < 4.78 is 38.7. The molecular formula is C14H19F3N2O. The molecule has 0 bridgehead atoms. The van der Waals surface area contributed by atoms with E-state index in [1.807, 2.05) is 6.92 Å². The first-order chi connectivity index (χ1) is 9.27. The molecule has 112 valence electrons. The van der Waals surface area contributed by atoms with Crippen LogP contribution in [0.15, 0.2) is 24.3 Å². The summed E-state index contributed by atoms with van der Waals surface area (Å²) in [5.41, 5.74) is -0.525. The average molecular weight is 288 g/mol. The molecule has 20 heavy (non-hydrogen) atoms. The quantitative estimate of drug-likeness (QED) is 0.903. The second kappa shape index (κ2) is 6.74. The standard InChI is InChI=1S/C14H19F3N2O/c1-4-19(3)13(20)9-18-10(2)11-7-5-6-8-12(11)14(15,16)17/h5-8,10,18H,4,9H2,1-3H3. The van der Waals surface area contributed by atoms with Gasteiger partial charge < -0.3 is 10.2 Å². The molecule has 0 heterocycles. The van der Waals surface area contributed by atoms with E-state index in [1.54, 1.807) is 20.0 Å². The molecule has 1 amide bonds. The minimum absolute atomic E-state index is 0.0116. The van der Waals surface area contributed by atoms with E-state index in [2.05, 4.69) is 5.32 Å². The predicted octanol–water partition coefficient (Wildman–Crippen LogP) is 2.83. The van der Waals surface area contributed by atoms with Gasteiger partial charge >= 0.3 is 6.18 Å². The molecule has 3 nitrogen and oxygen atoms in total. The van der Waals surface area contributed by atoms with E-state index in [1.165, 1.54) is 17.0 Å². The van der Waals surface area contributed by atoms with Crippen LogP contribution in [0.4, 0.5) is 13.2 Å². The molecule has 0 spiro atoms. The Morgan fingerprint density at radius 2 is 1.95 bits per heavy atom. The fourth-order valence-corrected chi connectivity index (χ4v) is 1.79. The number of hydrogen-bond donors (Lipinski definition) is 1. The number of likely N-dealkylation sites (N-methyl/N-ethyl adjacent to an activating group) is 1. The van der Waals surface area contributed by atoms with Crippen LogP contribution in [-0.4, -0.2) is 30.9 Å². The van der Waals surface area contributed by atoms with Gasteiger partial charge in [0.15, 0.2) is 0 Å². The normalized spacial score (nSPS) is 13.1. The maximum absolute atomic E-state index is 12.9. The molecule has 0 aromatic heterocycles. The number of nitrogens with one attached hydrogen (secondary N) is 1. The topological polar surface area (TPSA) is 32.3 Å². The van der Waals surface area contributed by atoms with E-state index < -0.39 is 17.8 Å². The fourth-order valence-electron chi connectivity index (χ4n) is 1.79. The van der Waals surface area contributed by atoms with Gasteiger partial charge in [-0.15, -0.1) is 0 Å². The van der Waals surface area contributed by atoms with Crippen LogP contribution in [0, 0.1) is 0 Å². The summed E-state index contributed by atoms with van der Waals surface area (Å²) in [4.78, 5) is 13.1. The molecule has 0 saturated carbocycles. The second-order valence-corrected chi connectivity index (χ2v) is 4.60. The third kappa shape index (κ3) is 4.23. The van der Waals surface area contributed by atoms with Crippen LogP contribution in [-0.2, 0) is 11.0 Å². The Kier molecular flexibility index (Phi) is 5.56. The molecule has 1 aromatic carbocycles. The minimum atomic E-state index is -4.39. The Balaban J connectivity index is 2.78. The van der Waals surface area contributed by atoms with E-state index in [9.17, 15) is 18.0 Å². The largest absolute Gasteiger partial charge is 0.416 e. The van der Waals surface area contributed by atoms with Gasteiger partial charge in [-0.1, -0.05) is 18.2 Å². The molecule has 0 aliphatic rings. The Hall–Kier alpha value is -1.56. The van der Waals surface area contributed by atoms with Crippen LogP contribution >= 0.6 is 0 Å². The summed E-state index contributed by atoms with van der Waals surface area (Å²) in [5.74, 6) is -0.149. The van der Waals surface area contributed by atoms with Gasteiger partial charge in [0.1, 0.15) is 0 Å². The molecule has 1 unspecified atom stereocenters. The van der Waals surface area contributed by atoms with Crippen molar-refractivity contribution in [2.45, 2.75) is 26.1 Å². The van der Waals surface area contributed by atoms with Crippen molar-refractivity contribution in [3.8, 4) is 0 Å². The molecule has 0 aliphatic carbocycles. The SMILES string of the molecule is CCN(C)C(=O)CNC(C)c1ccccc1C(F)(F)F. The summed E-state index contributed by atoms with van der Waals surface area (Å²) in [7, 11) is 1.65. The summed E-state index contributed by atoms with van der Waals surface area (Å²) in [6.07, 6.45) is -4.39. The van der Waals surface area contributed by atoms with Gasteiger partial charge in [-0.3, -0.25) is 4.79 Å². The highest BCUT2D eigenvalue weighted by molar-refractivity contribution is 5.77. The number of benzene rings is 1. The van der Waals surface area contributed by atoms with E-state index in [4.69, 9.17) is 0 Å². The average Bonchev–Trinajstić information content (AvgIpc) is 2.42. The number of carbonyl (C=O) groups is 1. The number of nitrogens with zero attached hydrogens (tertiary/aromatic N) is 1. The van der Waals surface area contributed by atoms with Gasteiger partial charge in [0.25, 0.3) is 0 Å². The van der Waals surface area contributed by atoms with E-state index in [-0.39, 0.29) is 18.0 Å². The molecule has 0 fully saturated rings. The molecular weight excluding hydrogens is 269 g/mol. The second-order valence-electron chi connectivity index (χ2n) is 4.60. The molecule has 0 radical (unpaired) electrons. The zero-order valence-corrected chi connectivity index (χ0v) is 11.8. The zero-order valence-electron chi connectivity index (χ0n) is 11.8. The lowest BCUT2D eigenvalue weighted by molar-refractivity contribution is -0.138. The van der Waals surface area contributed by atoms with Crippen molar-refractivity contribution >= 4 is 5.91 Å². The van der Waals surface area contributed by atoms with Crippen molar-refractivity contribution in [2.75, 3.05) is 20.1 Å². The number of alkyl halides is 3. The lowest BCUT2D eigenvalue weighted by Crippen LogP contribution is -2.36. The number of amides is 1. The first-order valence-electron chi connectivity index (χ1n) is 6.40. The number of hydrogen-bond acceptors (Lipinski definition) is 2. The number of halogens is 3. The van der Waals surface area contributed by atoms with E-state index in [0.29, 0.717) is 6.54 Å². The van der Waals surface area contributed by atoms with Gasteiger partial charge in [-0.25, -0.2) is 0 Å². The zero-order chi connectivity index (χ0) is 15.3. The molecule has 1 rings (SSSR count). The van der Waals surface area contributed by atoms with Crippen molar-refractivity contribution < 1.29 is 18.0 Å². The molecule has 1 aromatic rings. The van der Waals surface area contributed by atoms with Crippen LogP contribution < -0.4 is 5.32 Å². The molecule has 0 aliphatic heterocycles. The molecule has 1 atom stereocenters. The van der Waals surface area contributed by atoms with Crippen molar-refractivity contribution in [3.05, 3.63) is 35.4 Å². The van der Waals surface area contributed by atoms with E-state index in [0.717, 1.165) is 6.07 Å². The van der Waals surface area contributed by atoms with Gasteiger partial charge in [0.05, 0.1) is 12.1 Å². The summed E-state index contributed by atoms with van der Waals surface area (Å²) in [6.45, 7) is 4.02. The Morgan fingerprint density at radius 1 is 1.35 bits per heavy atom. The van der Waals surface area contributed by atoms with Crippen LogP contribution in [0.25, 0.3) is 0 Å². The number of carbonyl (C=O) groups excluding carboxylic acids is 1. The smallest absolute Gasteiger partial charge is 0.345 e. The van der Waals surface area contributed by atoms with Gasteiger partial charge in [0.2, 0.25) is 5.91 Å². The third-order valence-corrected chi connectivity index (χ3v) is 3.19. The van der Waals surface area contributed by atoms with Crippen molar-refractivity contribution in [2.24, 2.45) is 0 Å². The fraction of sp³-hybridized carbons (Fsp3) is 0.500. The predicted molar refractivity (Wildman–Crippen MR) is 71.2 cm³/mol. The van der Waals surface area contributed by atoms with Crippen molar-refractivity contribution in [3.63, 3.8) is 0 Å². The van der Waals surface area contributed by atoms with Gasteiger partial charge in [-0.2, -0.15) is 13.2 Å². The third-order valence-electron chi connectivity index (χ3n) is 3.19. The monoisotopic (exact) mass is 288 g/mol. The lowest BCUT2D eigenvalue weighted by Gasteiger charge is -2.21. The summed E-state index contributed by atoms with van der Waals surface area (Å²) >= 11 is 0. The van der Waals surface area contributed by atoms with Crippen molar-refractivity contribution in [1.29, 1.82) is 0 Å².